The number of amides is 1. The zero-order valence-corrected chi connectivity index (χ0v) is 15.4. The van der Waals surface area contributed by atoms with Crippen LogP contribution < -0.4 is 5.32 Å². The van der Waals surface area contributed by atoms with Crippen molar-refractivity contribution in [3.8, 4) is 0 Å². The molecule has 1 amide bonds. The molecule has 0 saturated heterocycles. The maximum absolute atomic E-state index is 12.2. The van der Waals surface area contributed by atoms with Crippen molar-refractivity contribution in [3.05, 3.63) is 60.4 Å². The van der Waals surface area contributed by atoms with Crippen LogP contribution in [-0.4, -0.2) is 21.5 Å². The molecule has 0 spiro atoms. The third kappa shape index (κ3) is 4.42. The number of rotatable bonds is 7. The SMILES string of the molecule is CC[C@H](C)NC(=O)Cn1ccc2c(SCc3ccccc3)nccc21. The number of hydrogen-bond donors (Lipinski definition) is 1. The van der Waals surface area contributed by atoms with Gasteiger partial charge in [-0.2, -0.15) is 0 Å². The summed E-state index contributed by atoms with van der Waals surface area (Å²) in [5.74, 6) is 0.925. The topological polar surface area (TPSA) is 46.9 Å². The molecule has 3 aromatic rings. The smallest absolute Gasteiger partial charge is 0.240 e. The molecule has 0 radical (unpaired) electrons. The summed E-state index contributed by atoms with van der Waals surface area (Å²) >= 11 is 1.72. The van der Waals surface area contributed by atoms with Crippen LogP contribution in [0.2, 0.25) is 0 Å². The number of carbonyl (C=O) groups is 1. The van der Waals surface area contributed by atoms with Gasteiger partial charge in [-0.1, -0.05) is 37.3 Å². The van der Waals surface area contributed by atoms with Crippen molar-refractivity contribution in [3.63, 3.8) is 0 Å². The van der Waals surface area contributed by atoms with E-state index in [0.717, 1.165) is 28.1 Å². The van der Waals surface area contributed by atoms with E-state index in [2.05, 4.69) is 41.5 Å². The van der Waals surface area contributed by atoms with Crippen molar-refractivity contribution < 1.29 is 4.79 Å². The molecular formula is C20H23N3OS. The molecule has 2 heterocycles. The minimum Gasteiger partial charge on any atom is -0.352 e. The highest BCUT2D eigenvalue weighted by molar-refractivity contribution is 7.98. The van der Waals surface area contributed by atoms with Gasteiger partial charge in [-0.05, 0) is 31.0 Å². The molecule has 4 nitrogen and oxygen atoms in total. The first-order valence-electron chi connectivity index (χ1n) is 8.57. The molecule has 0 aliphatic heterocycles. The Labute approximate surface area is 152 Å². The molecule has 2 aromatic heterocycles. The van der Waals surface area contributed by atoms with Gasteiger partial charge >= 0.3 is 0 Å². The molecule has 5 heteroatoms. The molecular weight excluding hydrogens is 330 g/mol. The lowest BCUT2D eigenvalue weighted by Crippen LogP contribution is -2.34. The lowest BCUT2D eigenvalue weighted by molar-refractivity contribution is -0.122. The van der Waals surface area contributed by atoms with Crippen LogP contribution in [-0.2, 0) is 17.1 Å². The number of pyridine rings is 1. The molecule has 1 atom stereocenters. The van der Waals surface area contributed by atoms with Crippen molar-refractivity contribution in [1.82, 2.24) is 14.9 Å². The van der Waals surface area contributed by atoms with Gasteiger partial charge in [0.05, 0.1) is 5.52 Å². The number of aromatic nitrogens is 2. The number of fused-ring (bicyclic) bond motifs is 1. The van der Waals surface area contributed by atoms with Crippen LogP contribution >= 0.6 is 11.8 Å². The monoisotopic (exact) mass is 353 g/mol. The van der Waals surface area contributed by atoms with Crippen molar-refractivity contribution in [2.24, 2.45) is 0 Å². The van der Waals surface area contributed by atoms with Crippen molar-refractivity contribution >= 4 is 28.6 Å². The Morgan fingerprint density at radius 1 is 1.24 bits per heavy atom. The predicted octanol–water partition coefficient (Wildman–Crippen LogP) is 4.24. The predicted molar refractivity (Wildman–Crippen MR) is 104 cm³/mol. The second-order valence-corrected chi connectivity index (χ2v) is 7.11. The average Bonchev–Trinajstić information content (AvgIpc) is 3.04. The van der Waals surface area contributed by atoms with Gasteiger partial charge in [0, 0.05) is 29.6 Å². The van der Waals surface area contributed by atoms with E-state index >= 15 is 0 Å². The second-order valence-electron chi connectivity index (χ2n) is 6.14. The summed E-state index contributed by atoms with van der Waals surface area (Å²) in [7, 11) is 0. The summed E-state index contributed by atoms with van der Waals surface area (Å²) < 4.78 is 1.99. The van der Waals surface area contributed by atoms with E-state index in [1.807, 2.05) is 42.1 Å². The number of nitrogens with one attached hydrogen (secondary N) is 1. The van der Waals surface area contributed by atoms with Crippen LogP contribution in [0.15, 0.2) is 59.9 Å². The van der Waals surface area contributed by atoms with Gasteiger partial charge in [0.25, 0.3) is 0 Å². The fourth-order valence-corrected chi connectivity index (χ4v) is 3.61. The van der Waals surface area contributed by atoms with E-state index < -0.39 is 0 Å². The highest BCUT2D eigenvalue weighted by atomic mass is 32.2. The first-order valence-corrected chi connectivity index (χ1v) is 9.56. The van der Waals surface area contributed by atoms with Gasteiger partial charge < -0.3 is 9.88 Å². The Hall–Kier alpha value is -2.27. The highest BCUT2D eigenvalue weighted by Gasteiger charge is 2.11. The summed E-state index contributed by atoms with van der Waals surface area (Å²) in [5, 5.41) is 5.11. The Morgan fingerprint density at radius 2 is 2.04 bits per heavy atom. The average molecular weight is 353 g/mol. The van der Waals surface area contributed by atoms with E-state index in [1.165, 1.54) is 5.56 Å². The first-order chi connectivity index (χ1) is 12.2. The van der Waals surface area contributed by atoms with Gasteiger partial charge in [-0.15, -0.1) is 11.8 Å². The first kappa shape index (κ1) is 17.5. The molecule has 25 heavy (non-hydrogen) atoms. The second kappa shape index (κ2) is 8.21. The van der Waals surface area contributed by atoms with Gasteiger partial charge in [0.15, 0.2) is 0 Å². The van der Waals surface area contributed by atoms with Crippen molar-refractivity contribution in [2.45, 2.75) is 43.6 Å². The molecule has 130 valence electrons. The molecule has 0 aliphatic rings. The van der Waals surface area contributed by atoms with Crippen LogP contribution in [0, 0.1) is 0 Å². The van der Waals surface area contributed by atoms with E-state index in [4.69, 9.17) is 0 Å². The Morgan fingerprint density at radius 3 is 2.80 bits per heavy atom. The van der Waals surface area contributed by atoms with E-state index in [1.54, 1.807) is 11.8 Å². The Kier molecular flexibility index (Phi) is 5.76. The van der Waals surface area contributed by atoms with Crippen molar-refractivity contribution in [1.29, 1.82) is 0 Å². The maximum Gasteiger partial charge on any atom is 0.240 e. The third-order valence-electron chi connectivity index (χ3n) is 4.21. The van der Waals surface area contributed by atoms with Crippen LogP contribution in [0.5, 0.6) is 0 Å². The molecule has 1 N–H and O–H groups in total. The lowest BCUT2D eigenvalue weighted by atomic mass is 10.2. The maximum atomic E-state index is 12.2. The molecule has 0 aliphatic carbocycles. The molecule has 1 aromatic carbocycles. The number of carbonyl (C=O) groups excluding carboxylic acids is 1. The molecule has 0 bridgehead atoms. The number of benzene rings is 1. The van der Waals surface area contributed by atoms with Gasteiger partial charge in [-0.3, -0.25) is 4.79 Å². The summed E-state index contributed by atoms with van der Waals surface area (Å²) in [6, 6.07) is 14.6. The number of nitrogens with zero attached hydrogens (tertiary/aromatic N) is 2. The largest absolute Gasteiger partial charge is 0.352 e. The third-order valence-corrected chi connectivity index (χ3v) is 5.29. The highest BCUT2D eigenvalue weighted by Crippen LogP contribution is 2.29. The van der Waals surface area contributed by atoms with Crippen LogP contribution in [0.4, 0.5) is 0 Å². The van der Waals surface area contributed by atoms with Crippen LogP contribution in [0.1, 0.15) is 25.8 Å². The van der Waals surface area contributed by atoms with Crippen LogP contribution in [0.3, 0.4) is 0 Å². The zero-order valence-electron chi connectivity index (χ0n) is 14.6. The molecule has 0 fully saturated rings. The summed E-state index contributed by atoms with van der Waals surface area (Å²) in [5.41, 5.74) is 2.32. The normalized spacial score (nSPS) is 12.2. The summed E-state index contributed by atoms with van der Waals surface area (Å²) in [6.45, 7) is 4.42. The lowest BCUT2D eigenvalue weighted by Gasteiger charge is -2.12. The van der Waals surface area contributed by atoms with E-state index in [0.29, 0.717) is 6.54 Å². The fraction of sp³-hybridized carbons (Fsp3) is 0.300. The fourth-order valence-electron chi connectivity index (χ4n) is 2.65. The minimum absolute atomic E-state index is 0.0437. The molecule has 0 unspecified atom stereocenters. The number of thioether (sulfide) groups is 1. The quantitative estimate of drug-likeness (QED) is 0.646. The van der Waals surface area contributed by atoms with E-state index in [-0.39, 0.29) is 11.9 Å². The zero-order chi connectivity index (χ0) is 17.6. The Bertz CT molecular complexity index is 845. The van der Waals surface area contributed by atoms with E-state index in [9.17, 15) is 4.79 Å². The molecule has 3 rings (SSSR count). The molecule has 0 saturated carbocycles. The van der Waals surface area contributed by atoms with Gasteiger partial charge in [0.1, 0.15) is 11.6 Å². The van der Waals surface area contributed by atoms with Gasteiger partial charge in [0.2, 0.25) is 5.91 Å². The van der Waals surface area contributed by atoms with Crippen molar-refractivity contribution in [2.75, 3.05) is 0 Å². The Balaban J connectivity index is 1.74. The number of hydrogen-bond acceptors (Lipinski definition) is 3. The summed E-state index contributed by atoms with van der Waals surface area (Å²) in [4.78, 5) is 16.7. The standard InChI is InChI=1S/C20H23N3OS/c1-3-15(2)22-19(24)13-23-12-10-17-18(23)9-11-21-20(17)25-14-16-7-5-4-6-8-16/h4-12,15H,3,13-14H2,1-2H3,(H,22,24)/t15-/m0/s1. The van der Waals surface area contributed by atoms with Crippen LogP contribution in [0.25, 0.3) is 10.9 Å². The van der Waals surface area contributed by atoms with Gasteiger partial charge in [-0.25, -0.2) is 4.98 Å². The minimum atomic E-state index is 0.0437. The summed E-state index contributed by atoms with van der Waals surface area (Å²) in [6.07, 6.45) is 4.72.